The predicted molar refractivity (Wildman–Crippen MR) is 94.7 cm³/mol. The molecule has 0 saturated heterocycles. The minimum absolute atomic E-state index is 0.280. The van der Waals surface area contributed by atoms with E-state index in [4.69, 9.17) is 0 Å². The SMILES string of the molecule is Cc1cc(NCc2ccccn2)n2ncc(-c3cccc(F)c3)c2n1. The van der Waals surface area contributed by atoms with Gasteiger partial charge in [-0.25, -0.2) is 9.37 Å². The summed E-state index contributed by atoms with van der Waals surface area (Å²) in [5.74, 6) is 0.536. The Balaban J connectivity index is 1.74. The Morgan fingerprint density at radius 3 is 2.84 bits per heavy atom. The van der Waals surface area contributed by atoms with Crippen LogP contribution in [0.3, 0.4) is 0 Å². The van der Waals surface area contributed by atoms with Crippen molar-refractivity contribution in [3.63, 3.8) is 0 Å². The summed E-state index contributed by atoms with van der Waals surface area (Å²) in [6.45, 7) is 2.50. The fraction of sp³-hybridized carbons (Fsp3) is 0.105. The third kappa shape index (κ3) is 3.06. The number of rotatable bonds is 4. The fourth-order valence-electron chi connectivity index (χ4n) is 2.75. The van der Waals surface area contributed by atoms with E-state index in [1.54, 1.807) is 23.0 Å². The highest BCUT2D eigenvalue weighted by Gasteiger charge is 2.12. The van der Waals surface area contributed by atoms with Gasteiger partial charge in [-0.1, -0.05) is 18.2 Å². The maximum atomic E-state index is 13.6. The van der Waals surface area contributed by atoms with Crippen LogP contribution in [-0.2, 0) is 6.54 Å². The smallest absolute Gasteiger partial charge is 0.165 e. The maximum Gasteiger partial charge on any atom is 0.165 e. The molecule has 4 rings (SSSR count). The van der Waals surface area contributed by atoms with Crippen LogP contribution in [0.1, 0.15) is 11.4 Å². The molecule has 1 aromatic carbocycles. The Bertz CT molecular complexity index is 1030. The summed E-state index contributed by atoms with van der Waals surface area (Å²) in [5.41, 5.74) is 4.03. The van der Waals surface area contributed by atoms with Crippen molar-refractivity contribution >= 4 is 11.5 Å². The van der Waals surface area contributed by atoms with Crippen molar-refractivity contribution in [2.75, 3.05) is 5.32 Å². The van der Waals surface area contributed by atoms with Crippen LogP contribution in [-0.4, -0.2) is 19.6 Å². The standard InChI is InChI=1S/C19H16FN5/c1-13-9-18(22-11-16-7-2-3-8-21-16)25-19(24-13)17(12-23-25)14-5-4-6-15(20)10-14/h2-10,12,22H,11H2,1H3. The van der Waals surface area contributed by atoms with E-state index >= 15 is 0 Å². The van der Waals surface area contributed by atoms with Gasteiger partial charge in [0.2, 0.25) is 0 Å². The van der Waals surface area contributed by atoms with Crippen LogP contribution in [0.15, 0.2) is 60.9 Å². The van der Waals surface area contributed by atoms with Crippen molar-refractivity contribution in [3.05, 3.63) is 78.1 Å². The molecule has 0 spiro atoms. The van der Waals surface area contributed by atoms with Crippen molar-refractivity contribution in [1.29, 1.82) is 0 Å². The second-order valence-corrected chi connectivity index (χ2v) is 5.76. The summed E-state index contributed by atoms with van der Waals surface area (Å²) in [6, 6.07) is 14.2. The number of nitrogens with one attached hydrogen (secondary N) is 1. The van der Waals surface area contributed by atoms with E-state index < -0.39 is 0 Å². The van der Waals surface area contributed by atoms with Gasteiger partial charge in [-0.3, -0.25) is 4.98 Å². The number of nitrogens with zero attached hydrogens (tertiary/aromatic N) is 4. The van der Waals surface area contributed by atoms with Crippen LogP contribution in [0.5, 0.6) is 0 Å². The van der Waals surface area contributed by atoms with E-state index in [1.165, 1.54) is 12.1 Å². The largest absolute Gasteiger partial charge is 0.364 e. The van der Waals surface area contributed by atoms with Gasteiger partial charge in [0.05, 0.1) is 18.4 Å². The quantitative estimate of drug-likeness (QED) is 0.616. The van der Waals surface area contributed by atoms with E-state index in [9.17, 15) is 4.39 Å². The average molecular weight is 333 g/mol. The van der Waals surface area contributed by atoms with Crippen LogP contribution in [0.25, 0.3) is 16.8 Å². The van der Waals surface area contributed by atoms with Crippen molar-refractivity contribution in [2.24, 2.45) is 0 Å². The fourth-order valence-corrected chi connectivity index (χ4v) is 2.75. The lowest BCUT2D eigenvalue weighted by Crippen LogP contribution is -2.07. The summed E-state index contributed by atoms with van der Waals surface area (Å²) >= 11 is 0. The maximum absolute atomic E-state index is 13.6. The highest BCUT2D eigenvalue weighted by molar-refractivity contribution is 5.78. The number of fused-ring (bicyclic) bond motifs is 1. The first-order valence-electron chi connectivity index (χ1n) is 7.96. The third-order valence-electron chi connectivity index (χ3n) is 3.91. The number of hydrogen-bond donors (Lipinski definition) is 1. The van der Waals surface area contributed by atoms with Crippen LogP contribution in [0, 0.1) is 12.7 Å². The lowest BCUT2D eigenvalue weighted by Gasteiger charge is -2.09. The Kier molecular flexibility index (Phi) is 3.85. The molecule has 0 aliphatic heterocycles. The first kappa shape index (κ1) is 15.3. The number of benzene rings is 1. The molecule has 1 N–H and O–H groups in total. The summed E-state index contributed by atoms with van der Waals surface area (Å²) in [6.07, 6.45) is 3.48. The average Bonchev–Trinajstić information content (AvgIpc) is 3.04. The van der Waals surface area contributed by atoms with Gasteiger partial charge in [0.25, 0.3) is 0 Å². The molecule has 0 unspecified atom stereocenters. The molecule has 3 heterocycles. The topological polar surface area (TPSA) is 55.1 Å². The Morgan fingerprint density at radius 1 is 1.12 bits per heavy atom. The van der Waals surface area contributed by atoms with E-state index in [2.05, 4.69) is 20.4 Å². The lowest BCUT2D eigenvalue weighted by atomic mass is 10.1. The lowest BCUT2D eigenvalue weighted by molar-refractivity contribution is 0.628. The Morgan fingerprint density at radius 2 is 2.04 bits per heavy atom. The van der Waals surface area contributed by atoms with Crippen LogP contribution in [0.2, 0.25) is 0 Å². The zero-order valence-electron chi connectivity index (χ0n) is 13.6. The molecule has 124 valence electrons. The number of hydrogen-bond acceptors (Lipinski definition) is 4. The zero-order chi connectivity index (χ0) is 17.2. The zero-order valence-corrected chi connectivity index (χ0v) is 13.6. The van der Waals surface area contributed by atoms with Gasteiger partial charge < -0.3 is 5.32 Å². The molecule has 0 atom stereocenters. The van der Waals surface area contributed by atoms with E-state index in [0.717, 1.165) is 28.3 Å². The Hall–Kier alpha value is -3.28. The predicted octanol–water partition coefficient (Wildman–Crippen LogP) is 3.85. The molecule has 5 nitrogen and oxygen atoms in total. The van der Waals surface area contributed by atoms with Gasteiger partial charge >= 0.3 is 0 Å². The van der Waals surface area contributed by atoms with Gasteiger partial charge in [-0.05, 0) is 36.8 Å². The minimum Gasteiger partial charge on any atom is -0.364 e. The van der Waals surface area contributed by atoms with E-state index in [1.807, 2.05) is 37.3 Å². The van der Waals surface area contributed by atoms with Crippen LogP contribution < -0.4 is 5.32 Å². The first-order chi connectivity index (χ1) is 12.2. The molecule has 0 aliphatic carbocycles. The number of aryl methyl sites for hydroxylation is 1. The van der Waals surface area contributed by atoms with Gasteiger partial charge in [0.15, 0.2) is 5.65 Å². The van der Waals surface area contributed by atoms with Crippen molar-refractivity contribution in [2.45, 2.75) is 13.5 Å². The third-order valence-corrected chi connectivity index (χ3v) is 3.91. The normalized spacial score (nSPS) is 11.0. The molecule has 0 fully saturated rings. The molecule has 0 amide bonds. The number of anilines is 1. The van der Waals surface area contributed by atoms with Gasteiger partial charge in [0, 0.05) is 23.5 Å². The van der Waals surface area contributed by atoms with E-state index in [0.29, 0.717) is 12.2 Å². The summed E-state index contributed by atoms with van der Waals surface area (Å²) in [5, 5.41) is 7.77. The monoisotopic (exact) mass is 333 g/mol. The molecule has 0 radical (unpaired) electrons. The number of halogens is 1. The van der Waals surface area contributed by atoms with Gasteiger partial charge in [0.1, 0.15) is 11.6 Å². The second kappa shape index (κ2) is 6.32. The Labute approximate surface area is 144 Å². The van der Waals surface area contributed by atoms with E-state index in [-0.39, 0.29) is 5.82 Å². The second-order valence-electron chi connectivity index (χ2n) is 5.76. The van der Waals surface area contributed by atoms with Gasteiger partial charge in [-0.2, -0.15) is 9.61 Å². The van der Waals surface area contributed by atoms with Crippen molar-refractivity contribution in [1.82, 2.24) is 19.6 Å². The molecule has 0 aliphatic rings. The summed E-state index contributed by atoms with van der Waals surface area (Å²) < 4.78 is 15.3. The molecule has 0 bridgehead atoms. The summed E-state index contributed by atoms with van der Waals surface area (Å²) in [4.78, 5) is 8.89. The molecule has 6 heteroatoms. The van der Waals surface area contributed by atoms with Crippen LogP contribution >= 0.6 is 0 Å². The van der Waals surface area contributed by atoms with Crippen molar-refractivity contribution < 1.29 is 4.39 Å². The molecule has 3 aromatic heterocycles. The number of pyridine rings is 1. The molecular weight excluding hydrogens is 317 g/mol. The number of aromatic nitrogens is 4. The van der Waals surface area contributed by atoms with Crippen molar-refractivity contribution in [3.8, 4) is 11.1 Å². The van der Waals surface area contributed by atoms with Gasteiger partial charge in [-0.15, -0.1) is 0 Å². The van der Waals surface area contributed by atoms with Crippen LogP contribution in [0.4, 0.5) is 10.2 Å². The molecular formula is C19H16FN5. The first-order valence-corrected chi connectivity index (χ1v) is 7.96. The molecule has 25 heavy (non-hydrogen) atoms. The summed E-state index contributed by atoms with van der Waals surface area (Å²) in [7, 11) is 0. The highest BCUT2D eigenvalue weighted by Crippen LogP contribution is 2.26. The highest BCUT2D eigenvalue weighted by atomic mass is 19.1. The minimum atomic E-state index is -0.280. The molecule has 4 aromatic rings. The molecule has 0 saturated carbocycles.